The summed E-state index contributed by atoms with van der Waals surface area (Å²) in [6.07, 6.45) is 10.8. The Hall–Kier alpha value is -1.35. The summed E-state index contributed by atoms with van der Waals surface area (Å²) < 4.78 is 13.8. The van der Waals surface area contributed by atoms with Gasteiger partial charge in [-0.25, -0.2) is 4.39 Å². The van der Waals surface area contributed by atoms with Crippen LogP contribution in [-0.2, 0) is 4.79 Å². The predicted octanol–water partition coefficient (Wildman–Crippen LogP) is 5.21. The maximum atomic E-state index is 13.8. The normalized spacial score (nSPS) is 34.4. The zero-order valence-electron chi connectivity index (χ0n) is 14.6. The first-order chi connectivity index (χ1) is 11.9. The molecule has 1 unspecified atom stereocenters. The Kier molecular flexibility index (Phi) is 4.39. The molecule has 4 fully saturated rings. The van der Waals surface area contributed by atoms with E-state index in [0.717, 1.165) is 17.8 Å². The van der Waals surface area contributed by atoms with E-state index in [2.05, 4.69) is 12.2 Å². The molecule has 4 heteroatoms. The number of nitrogens with one attached hydrogen (secondary N) is 1. The lowest BCUT2D eigenvalue weighted by Gasteiger charge is -2.59. The van der Waals surface area contributed by atoms with Gasteiger partial charge < -0.3 is 5.32 Å². The highest BCUT2D eigenvalue weighted by atomic mass is 35.5. The van der Waals surface area contributed by atoms with Crippen molar-refractivity contribution in [3.8, 4) is 0 Å². The first kappa shape index (κ1) is 17.1. The van der Waals surface area contributed by atoms with Crippen molar-refractivity contribution in [2.75, 3.05) is 0 Å². The van der Waals surface area contributed by atoms with Crippen LogP contribution in [0.15, 0.2) is 24.3 Å². The number of hydrogen-bond acceptors (Lipinski definition) is 1. The Bertz CT molecular complexity index is 658. The second kappa shape index (κ2) is 6.42. The number of benzene rings is 1. The lowest BCUT2D eigenvalue weighted by Crippen LogP contribution is -2.55. The van der Waals surface area contributed by atoms with Crippen LogP contribution in [0.5, 0.6) is 0 Å². The third-order valence-corrected chi connectivity index (χ3v) is 7.09. The molecular formula is C21H25ClFNO. The summed E-state index contributed by atoms with van der Waals surface area (Å²) in [7, 11) is 0. The van der Waals surface area contributed by atoms with Crippen molar-refractivity contribution in [1.29, 1.82) is 0 Å². The van der Waals surface area contributed by atoms with Crippen LogP contribution in [0.4, 0.5) is 4.39 Å². The zero-order valence-corrected chi connectivity index (χ0v) is 15.4. The minimum atomic E-state index is -0.411. The van der Waals surface area contributed by atoms with Gasteiger partial charge in [0.15, 0.2) is 0 Å². The van der Waals surface area contributed by atoms with E-state index in [4.69, 9.17) is 11.6 Å². The van der Waals surface area contributed by atoms with Crippen LogP contribution in [0.25, 0.3) is 6.08 Å². The molecule has 0 aromatic heterocycles. The molecule has 0 heterocycles. The fraction of sp³-hybridized carbons (Fsp3) is 0.571. The zero-order chi connectivity index (χ0) is 17.6. The average molecular weight is 362 g/mol. The van der Waals surface area contributed by atoms with E-state index >= 15 is 0 Å². The number of amides is 1. The van der Waals surface area contributed by atoms with Crippen LogP contribution >= 0.6 is 11.6 Å². The van der Waals surface area contributed by atoms with Crippen LogP contribution in [0, 0.1) is 29.0 Å². The van der Waals surface area contributed by atoms with Gasteiger partial charge in [-0.3, -0.25) is 4.79 Å². The average Bonchev–Trinajstić information content (AvgIpc) is 2.53. The molecule has 0 saturated heterocycles. The van der Waals surface area contributed by atoms with Gasteiger partial charge in [0.05, 0.1) is 5.02 Å². The van der Waals surface area contributed by atoms with Gasteiger partial charge in [0, 0.05) is 17.7 Å². The summed E-state index contributed by atoms with van der Waals surface area (Å²) in [5.41, 5.74) is 0.537. The van der Waals surface area contributed by atoms with Crippen LogP contribution in [-0.4, -0.2) is 11.9 Å². The molecule has 0 radical (unpaired) electrons. The lowest BCUT2D eigenvalue weighted by atomic mass is 9.48. The number of carbonyl (C=O) groups is 1. The molecule has 0 spiro atoms. The molecule has 0 aliphatic heterocycles. The topological polar surface area (TPSA) is 29.1 Å². The second-order valence-electron chi connectivity index (χ2n) is 8.48. The highest BCUT2D eigenvalue weighted by molar-refractivity contribution is 6.32. The monoisotopic (exact) mass is 361 g/mol. The number of halogens is 2. The van der Waals surface area contributed by atoms with Gasteiger partial charge >= 0.3 is 0 Å². The fourth-order valence-electron chi connectivity index (χ4n) is 5.95. The highest BCUT2D eigenvalue weighted by Gasteiger charge is 2.53. The molecule has 4 aliphatic rings. The van der Waals surface area contributed by atoms with E-state index in [1.807, 2.05) is 0 Å². The molecular weight excluding hydrogens is 337 g/mol. The maximum absolute atomic E-state index is 13.8. The predicted molar refractivity (Wildman–Crippen MR) is 98.7 cm³/mol. The summed E-state index contributed by atoms with van der Waals surface area (Å²) in [4.78, 5) is 12.4. The molecule has 1 amide bonds. The van der Waals surface area contributed by atoms with E-state index in [9.17, 15) is 9.18 Å². The van der Waals surface area contributed by atoms with Gasteiger partial charge in [0.25, 0.3) is 0 Å². The number of hydrogen-bond donors (Lipinski definition) is 1. The van der Waals surface area contributed by atoms with Gasteiger partial charge in [0.1, 0.15) is 5.82 Å². The van der Waals surface area contributed by atoms with Crippen molar-refractivity contribution in [1.82, 2.24) is 5.32 Å². The van der Waals surface area contributed by atoms with Crippen molar-refractivity contribution in [3.05, 3.63) is 40.7 Å². The molecule has 134 valence electrons. The summed E-state index contributed by atoms with van der Waals surface area (Å²) in [6.45, 7) is 2.15. The first-order valence-electron chi connectivity index (χ1n) is 9.38. The molecule has 25 heavy (non-hydrogen) atoms. The van der Waals surface area contributed by atoms with E-state index in [1.165, 1.54) is 56.7 Å². The molecule has 1 atom stereocenters. The molecule has 4 aliphatic carbocycles. The number of rotatable bonds is 4. The summed E-state index contributed by atoms with van der Waals surface area (Å²) in [6, 6.07) is 4.69. The van der Waals surface area contributed by atoms with Gasteiger partial charge in [-0.2, -0.15) is 0 Å². The van der Waals surface area contributed by atoms with Gasteiger partial charge in [0.2, 0.25) is 5.91 Å². The Balaban J connectivity index is 1.43. The maximum Gasteiger partial charge on any atom is 0.244 e. The second-order valence-corrected chi connectivity index (χ2v) is 8.89. The molecule has 1 aromatic rings. The summed E-state index contributed by atoms with van der Waals surface area (Å²) >= 11 is 6.01. The largest absolute Gasteiger partial charge is 0.350 e. The minimum absolute atomic E-state index is 0.161. The smallest absolute Gasteiger partial charge is 0.244 e. The highest BCUT2D eigenvalue weighted by Crippen LogP contribution is 2.61. The van der Waals surface area contributed by atoms with Crippen molar-refractivity contribution in [2.45, 2.75) is 51.5 Å². The van der Waals surface area contributed by atoms with Crippen molar-refractivity contribution >= 4 is 23.6 Å². The Labute approximate surface area is 153 Å². The first-order valence-corrected chi connectivity index (χ1v) is 9.75. The molecule has 2 nitrogen and oxygen atoms in total. The van der Waals surface area contributed by atoms with Crippen molar-refractivity contribution < 1.29 is 9.18 Å². The molecule has 1 N–H and O–H groups in total. The van der Waals surface area contributed by atoms with E-state index in [1.54, 1.807) is 12.1 Å². The van der Waals surface area contributed by atoms with Crippen molar-refractivity contribution in [3.63, 3.8) is 0 Å². The van der Waals surface area contributed by atoms with Crippen LogP contribution in [0.3, 0.4) is 0 Å². The standard InChI is InChI=1S/C21H25ClFNO/c1-13(21-10-14-7-15(11-21)9-16(8-14)12-21)24-20(25)6-5-17-18(22)3-2-4-19(17)23/h2-6,13-16H,7-12H2,1H3,(H,24,25)/b6-5+. The van der Waals surface area contributed by atoms with Crippen molar-refractivity contribution in [2.24, 2.45) is 23.2 Å². The lowest BCUT2D eigenvalue weighted by molar-refractivity contribution is -0.121. The fourth-order valence-corrected chi connectivity index (χ4v) is 6.18. The minimum Gasteiger partial charge on any atom is -0.350 e. The summed E-state index contributed by atoms with van der Waals surface area (Å²) in [5.74, 6) is 2.00. The number of carbonyl (C=O) groups excluding carboxylic acids is 1. The van der Waals surface area contributed by atoms with Gasteiger partial charge in [-0.05, 0) is 86.8 Å². The van der Waals surface area contributed by atoms with Crippen LogP contribution < -0.4 is 5.32 Å². The SMILES string of the molecule is CC(NC(=O)/C=C/c1c(F)cccc1Cl)C12CC3CC(CC(C3)C1)C2. The molecule has 4 bridgehead atoms. The molecule has 5 rings (SSSR count). The molecule has 1 aromatic carbocycles. The Morgan fingerprint density at radius 2 is 1.84 bits per heavy atom. The Morgan fingerprint density at radius 1 is 1.24 bits per heavy atom. The van der Waals surface area contributed by atoms with Crippen LogP contribution in [0.1, 0.15) is 51.0 Å². The van der Waals surface area contributed by atoms with E-state index < -0.39 is 5.82 Å². The van der Waals surface area contributed by atoms with Gasteiger partial charge in [-0.1, -0.05) is 17.7 Å². The van der Waals surface area contributed by atoms with E-state index in [-0.39, 0.29) is 22.9 Å². The quantitative estimate of drug-likeness (QED) is 0.732. The third-order valence-electron chi connectivity index (χ3n) is 6.76. The van der Waals surface area contributed by atoms with E-state index in [0.29, 0.717) is 5.02 Å². The van der Waals surface area contributed by atoms with Crippen LogP contribution in [0.2, 0.25) is 5.02 Å². The van der Waals surface area contributed by atoms with Gasteiger partial charge in [-0.15, -0.1) is 0 Å². The third kappa shape index (κ3) is 3.23. The molecule has 4 saturated carbocycles. The summed E-state index contributed by atoms with van der Waals surface area (Å²) in [5, 5.41) is 3.47. The Morgan fingerprint density at radius 3 is 2.40 bits per heavy atom.